The average molecular weight is 683 g/mol. The first-order valence-corrected chi connectivity index (χ1v) is 16.6. The number of allylic oxidation sites excluding steroid dienone is 7. The molecule has 2 aromatic carbocycles. The van der Waals surface area contributed by atoms with Crippen LogP contribution in [-0.4, -0.2) is 53.8 Å². The lowest BCUT2D eigenvalue weighted by atomic mass is 9.89. The van der Waals surface area contributed by atoms with Gasteiger partial charge in [-0.15, -0.1) is 0 Å². The Hall–Kier alpha value is -5.29. The maximum atomic E-state index is 15.0. The second kappa shape index (κ2) is 16.4. The highest BCUT2D eigenvalue weighted by Gasteiger charge is 2.31. The first kappa shape index (κ1) is 36.0. The summed E-state index contributed by atoms with van der Waals surface area (Å²) in [7, 11) is 1.28. The second-order valence-electron chi connectivity index (χ2n) is 12.2. The number of aliphatic imine (C=N–C) groups is 1. The smallest absolute Gasteiger partial charge is 0.321 e. The summed E-state index contributed by atoms with van der Waals surface area (Å²) in [5, 5.41) is 24.0. The van der Waals surface area contributed by atoms with Gasteiger partial charge in [-0.25, -0.2) is 4.39 Å². The van der Waals surface area contributed by atoms with Crippen LogP contribution in [0.2, 0.25) is 0 Å². The molecule has 260 valence electrons. The summed E-state index contributed by atoms with van der Waals surface area (Å²) in [6.07, 6.45) is 14.8. The quantitative estimate of drug-likeness (QED) is 0.0717. The van der Waals surface area contributed by atoms with Gasteiger partial charge in [-0.3, -0.25) is 19.4 Å². The minimum absolute atomic E-state index is 0.0507. The van der Waals surface area contributed by atoms with Gasteiger partial charge in [0.05, 0.1) is 18.5 Å². The van der Waals surface area contributed by atoms with Crippen molar-refractivity contribution in [1.82, 2.24) is 5.32 Å². The van der Waals surface area contributed by atoms with E-state index in [9.17, 15) is 23.9 Å². The first-order chi connectivity index (χ1) is 24.1. The largest absolute Gasteiger partial charge is 0.494 e. The Balaban J connectivity index is 1.18. The predicted octanol–water partition coefficient (Wildman–Crippen LogP) is 7.16. The molecule has 0 saturated heterocycles. The Morgan fingerprint density at radius 1 is 1.16 bits per heavy atom. The summed E-state index contributed by atoms with van der Waals surface area (Å²) >= 11 is 0. The highest BCUT2D eigenvalue weighted by atomic mass is 19.2. The number of nitrogens with zero attached hydrogens (tertiary/aromatic N) is 1. The number of aliphatic carboxylic acids is 1. The SMILES string of the molecule is CCc1cc(NC2=CCC=CC3C(c4ccc(OC)c(F)c4F)=CN=C23)ccc1C(=O)CC(=N)CC/C=C/C(=O)C1=CCCN[C@@H](C(=O)O)C1. The number of hydrogen-bond acceptors (Lipinski definition) is 8. The van der Waals surface area contributed by atoms with Crippen molar-refractivity contribution in [3.63, 3.8) is 0 Å². The number of anilines is 1. The van der Waals surface area contributed by atoms with E-state index in [0.717, 1.165) is 16.9 Å². The number of halogens is 2. The minimum Gasteiger partial charge on any atom is -0.494 e. The molecule has 0 aromatic heterocycles. The lowest BCUT2D eigenvalue weighted by Crippen LogP contribution is -2.36. The number of ether oxygens (including phenoxy) is 1. The number of rotatable bonds is 14. The predicted molar refractivity (Wildman–Crippen MR) is 190 cm³/mol. The van der Waals surface area contributed by atoms with Crippen molar-refractivity contribution >= 4 is 40.2 Å². The van der Waals surface area contributed by atoms with Crippen LogP contribution in [0.5, 0.6) is 5.75 Å². The van der Waals surface area contributed by atoms with Gasteiger partial charge in [-0.1, -0.05) is 37.3 Å². The summed E-state index contributed by atoms with van der Waals surface area (Å²) in [5.74, 6) is -4.01. The third kappa shape index (κ3) is 8.28. The van der Waals surface area contributed by atoms with Crippen LogP contribution in [0.1, 0.15) is 66.9 Å². The van der Waals surface area contributed by atoms with Gasteiger partial charge in [0.2, 0.25) is 5.82 Å². The maximum absolute atomic E-state index is 15.0. The van der Waals surface area contributed by atoms with Crippen molar-refractivity contribution in [2.24, 2.45) is 10.9 Å². The van der Waals surface area contributed by atoms with E-state index >= 15 is 4.39 Å². The fourth-order valence-corrected chi connectivity index (χ4v) is 6.23. The number of benzene rings is 2. The number of fused-ring (bicyclic) bond motifs is 1. The van der Waals surface area contributed by atoms with E-state index < -0.39 is 23.6 Å². The van der Waals surface area contributed by atoms with Crippen molar-refractivity contribution in [2.75, 3.05) is 19.0 Å². The van der Waals surface area contributed by atoms with Gasteiger partial charge in [0.25, 0.3) is 0 Å². The number of aryl methyl sites for hydroxylation is 1. The monoisotopic (exact) mass is 682 g/mol. The lowest BCUT2D eigenvalue weighted by molar-refractivity contribution is -0.139. The molecule has 11 heteroatoms. The van der Waals surface area contributed by atoms with Crippen molar-refractivity contribution in [3.8, 4) is 5.75 Å². The Kier molecular flexibility index (Phi) is 11.8. The molecule has 2 heterocycles. The van der Waals surface area contributed by atoms with E-state index in [0.29, 0.717) is 61.1 Å². The molecule has 0 fully saturated rings. The zero-order valence-electron chi connectivity index (χ0n) is 28.0. The molecular formula is C39H40F2N4O5. The molecule has 9 nitrogen and oxygen atoms in total. The summed E-state index contributed by atoms with van der Waals surface area (Å²) in [5.41, 5.74) is 4.83. The molecule has 1 unspecified atom stereocenters. The molecule has 0 bridgehead atoms. The standard InChI is InChI=1S/C39H40F2N4O5/c1-3-23-19-26(45-31-12-6-5-11-29-30(22-44-38(29)31)28-16-17-35(50-2)37(41)36(28)40)14-15-27(23)34(47)21-25(42)10-4-7-13-33(46)24-9-8-18-43-32(20-24)39(48)49/h5,7,9,11-17,19,22,29,32,42-43,45H,3-4,6,8,10,18,20-21H2,1-2H3,(H,48,49)/b13-7+,42-25?/t29?,32-/m1/s1. The van der Waals surface area contributed by atoms with Crippen LogP contribution in [0, 0.1) is 23.0 Å². The number of nitrogens with one attached hydrogen (secondary N) is 3. The van der Waals surface area contributed by atoms with Crippen molar-refractivity contribution < 1.29 is 33.0 Å². The number of carboxylic acids is 1. The Labute approximate surface area is 289 Å². The summed E-state index contributed by atoms with van der Waals surface area (Å²) in [4.78, 5) is 41.8. The van der Waals surface area contributed by atoms with Crippen molar-refractivity contribution in [3.05, 3.63) is 113 Å². The lowest BCUT2D eigenvalue weighted by Gasteiger charge is -2.19. The number of Topliss-reactive ketones (excluding diaryl/α,β-unsaturated/α-hetero) is 1. The van der Waals surface area contributed by atoms with Gasteiger partial charge < -0.3 is 25.9 Å². The third-order valence-electron chi connectivity index (χ3n) is 8.90. The molecule has 0 saturated carbocycles. The fraction of sp³-hybridized carbons (Fsp3) is 0.308. The topological polar surface area (TPSA) is 141 Å². The van der Waals surface area contributed by atoms with E-state index in [4.69, 9.17) is 10.1 Å². The molecule has 0 amide bonds. The number of methoxy groups -OCH3 is 1. The van der Waals surface area contributed by atoms with Gasteiger partial charge in [-0.2, -0.15) is 4.39 Å². The van der Waals surface area contributed by atoms with Crippen LogP contribution in [0.25, 0.3) is 5.57 Å². The van der Waals surface area contributed by atoms with E-state index in [1.165, 1.54) is 25.3 Å². The van der Waals surface area contributed by atoms with E-state index in [-0.39, 0.29) is 47.4 Å². The molecule has 2 atom stereocenters. The van der Waals surface area contributed by atoms with Crippen LogP contribution < -0.4 is 15.4 Å². The molecule has 2 aromatic rings. The van der Waals surface area contributed by atoms with Gasteiger partial charge in [0.1, 0.15) is 6.04 Å². The van der Waals surface area contributed by atoms with Crippen LogP contribution in [0.3, 0.4) is 0 Å². The molecule has 5 rings (SSSR count). The van der Waals surface area contributed by atoms with Crippen molar-refractivity contribution in [2.45, 2.75) is 57.9 Å². The second-order valence-corrected chi connectivity index (χ2v) is 12.2. The van der Waals surface area contributed by atoms with Crippen LogP contribution in [0.4, 0.5) is 14.5 Å². The average Bonchev–Trinajstić information content (AvgIpc) is 3.24. The molecule has 2 aliphatic heterocycles. The van der Waals surface area contributed by atoms with Gasteiger partial charge in [0, 0.05) is 47.5 Å². The van der Waals surface area contributed by atoms with E-state index in [1.807, 2.05) is 31.2 Å². The minimum atomic E-state index is -1.05. The number of carbonyl (C=O) groups excluding carboxylic acids is 2. The first-order valence-electron chi connectivity index (χ1n) is 16.6. The summed E-state index contributed by atoms with van der Waals surface area (Å²) in [6, 6.07) is 7.54. The molecule has 50 heavy (non-hydrogen) atoms. The normalized spacial score (nSPS) is 18.6. The molecule has 0 radical (unpaired) electrons. The molecule has 3 aliphatic rings. The summed E-state index contributed by atoms with van der Waals surface area (Å²) < 4.78 is 34.5. The van der Waals surface area contributed by atoms with Gasteiger partial charge in [-0.05, 0) is 91.8 Å². The van der Waals surface area contributed by atoms with Gasteiger partial charge >= 0.3 is 5.97 Å². The zero-order valence-corrected chi connectivity index (χ0v) is 28.0. The molecule has 4 N–H and O–H groups in total. The Bertz CT molecular complexity index is 1890. The molecule has 1 aliphatic carbocycles. The van der Waals surface area contributed by atoms with Gasteiger partial charge in [0.15, 0.2) is 23.1 Å². The van der Waals surface area contributed by atoms with E-state index in [2.05, 4.69) is 15.6 Å². The Morgan fingerprint density at radius 3 is 2.74 bits per heavy atom. The van der Waals surface area contributed by atoms with E-state index in [1.54, 1.807) is 30.5 Å². The maximum Gasteiger partial charge on any atom is 0.321 e. The fourth-order valence-electron chi connectivity index (χ4n) is 6.23. The number of hydrogen-bond donors (Lipinski definition) is 4. The molecule has 0 spiro atoms. The highest BCUT2D eigenvalue weighted by Crippen LogP contribution is 2.38. The Morgan fingerprint density at radius 2 is 1.98 bits per heavy atom. The molecular weight excluding hydrogens is 642 g/mol. The van der Waals surface area contributed by atoms with Crippen LogP contribution in [0.15, 0.2) is 89.3 Å². The zero-order chi connectivity index (χ0) is 35.8. The number of carbonyl (C=O) groups is 3. The van der Waals surface area contributed by atoms with Crippen molar-refractivity contribution in [1.29, 1.82) is 5.41 Å². The van der Waals surface area contributed by atoms with Crippen LogP contribution in [-0.2, 0) is 16.0 Å². The third-order valence-corrected chi connectivity index (χ3v) is 8.90. The number of carboxylic acid groups (broad SMARTS) is 1. The number of ketones is 2. The highest BCUT2D eigenvalue weighted by molar-refractivity contribution is 6.14. The summed E-state index contributed by atoms with van der Waals surface area (Å²) in [6.45, 7) is 2.44. The van der Waals surface area contributed by atoms with Crippen LogP contribution >= 0.6 is 0 Å².